The molecule has 1 heterocycles. The lowest BCUT2D eigenvalue weighted by molar-refractivity contribution is -0.128. The van der Waals surface area contributed by atoms with Gasteiger partial charge in [-0.2, -0.15) is 0 Å². The Bertz CT molecular complexity index is 591. The van der Waals surface area contributed by atoms with Crippen molar-refractivity contribution in [2.75, 3.05) is 0 Å². The smallest absolute Gasteiger partial charge is 0.255 e. The highest BCUT2D eigenvalue weighted by Gasteiger charge is 2.38. The monoisotopic (exact) mass is 314 g/mol. The molecule has 4 nitrogen and oxygen atoms in total. The van der Waals surface area contributed by atoms with Gasteiger partial charge in [0.15, 0.2) is 0 Å². The maximum Gasteiger partial charge on any atom is 0.255 e. The topological polar surface area (TPSA) is 49.4 Å². The van der Waals surface area contributed by atoms with Gasteiger partial charge >= 0.3 is 0 Å². The molecule has 1 unspecified atom stereocenters. The Kier molecular flexibility index (Phi) is 4.69. The first kappa shape index (κ1) is 16.0. The quantitative estimate of drug-likeness (QED) is 0.928. The molecular weight excluding hydrogens is 288 g/mol. The van der Waals surface area contributed by atoms with Crippen LogP contribution in [0.25, 0.3) is 0 Å². The van der Waals surface area contributed by atoms with Crippen molar-refractivity contribution in [3.63, 3.8) is 0 Å². The summed E-state index contributed by atoms with van der Waals surface area (Å²) in [5, 5.41) is 3.19. The molecule has 0 aromatic heterocycles. The average molecular weight is 314 g/mol. The number of nitrogens with zero attached hydrogens (tertiary/aromatic N) is 1. The van der Waals surface area contributed by atoms with Gasteiger partial charge in [0.25, 0.3) is 5.91 Å². The standard InChI is InChI=1S/C19H26N2O2/c1-13(2)17(18(22)20-15-9-4-3-5-10-15)21-12-14-8-6-7-11-16(14)19(21)23/h6-8,11,13,15,17H,3-5,9-10,12H2,1-2H3,(H,20,22). The summed E-state index contributed by atoms with van der Waals surface area (Å²) < 4.78 is 0. The molecule has 3 rings (SSSR count). The van der Waals surface area contributed by atoms with E-state index in [2.05, 4.69) is 5.32 Å². The van der Waals surface area contributed by atoms with Crippen molar-refractivity contribution in [3.8, 4) is 0 Å². The fraction of sp³-hybridized carbons (Fsp3) is 0.579. The molecule has 0 spiro atoms. The van der Waals surface area contributed by atoms with Crippen LogP contribution in [-0.4, -0.2) is 28.8 Å². The van der Waals surface area contributed by atoms with Crippen LogP contribution in [0.2, 0.25) is 0 Å². The summed E-state index contributed by atoms with van der Waals surface area (Å²) in [7, 11) is 0. The van der Waals surface area contributed by atoms with Gasteiger partial charge in [-0.25, -0.2) is 0 Å². The Morgan fingerprint density at radius 2 is 1.87 bits per heavy atom. The number of fused-ring (bicyclic) bond motifs is 1. The molecule has 1 aromatic carbocycles. The highest BCUT2D eigenvalue weighted by Crippen LogP contribution is 2.27. The number of carbonyl (C=O) groups excluding carboxylic acids is 2. The molecule has 124 valence electrons. The molecule has 1 aliphatic carbocycles. The van der Waals surface area contributed by atoms with Crippen LogP contribution in [0.5, 0.6) is 0 Å². The summed E-state index contributed by atoms with van der Waals surface area (Å²) in [6.07, 6.45) is 5.76. The summed E-state index contributed by atoms with van der Waals surface area (Å²) in [4.78, 5) is 27.3. The number of hydrogen-bond acceptors (Lipinski definition) is 2. The van der Waals surface area contributed by atoms with E-state index in [0.29, 0.717) is 6.54 Å². The van der Waals surface area contributed by atoms with Crippen molar-refractivity contribution >= 4 is 11.8 Å². The molecule has 0 bridgehead atoms. The Morgan fingerprint density at radius 3 is 2.52 bits per heavy atom. The highest BCUT2D eigenvalue weighted by molar-refractivity contribution is 6.01. The number of amides is 2. The van der Waals surface area contributed by atoms with Crippen molar-refractivity contribution in [1.29, 1.82) is 0 Å². The maximum absolute atomic E-state index is 12.8. The largest absolute Gasteiger partial charge is 0.352 e. The zero-order chi connectivity index (χ0) is 16.4. The molecule has 1 fully saturated rings. The summed E-state index contributed by atoms with van der Waals surface area (Å²) >= 11 is 0. The van der Waals surface area contributed by atoms with Crippen molar-refractivity contribution in [1.82, 2.24) is 10.2 Å². The number of nitrogens with one attached hydrogen (secondary N) is 1. The van der Waals surface area contributed by atoms with Gasteiger partial charge in [-0.3, -0.25) is 9.59 Å². The average Bonchev–Trinajstić information content (AvgIpc) is 2.85. The van der Waals surface area contributed by atoms with Gasteiger partial charge in [-0.1, -0.05) is 51.3 Å². The zero-order valence-corrected chi connectivity index (χ0v) is 14.0. The predicted octanol–water partition coefficient (Wildman–Crippen LogP) is 3.12. The second-order valence-corrected chi connectivity index (χ2v) is 7.12. The van der Waals surface area contributed by atoms with Crippen LogP contribution in [0.15, 0.2) is 24.3 Å². The molecule has 2 aliphatic rings. The number of benzene rings is 1. The normalized spacial score (nSPS) is 19.8. The van der Waals surface area contributed by atoms with E-state index in [1.165, 1.54) is 19.3 Å². The third-order valence-corrected chi connectivity index (χ3v) is 5.04. The van der Waals surface area contributed by atoms with Crippen molar-refractivity contribution in [2.45, 2.75) is 64.6 Å². The predicted molar refractivity (Wildman–Crippen MR) is 90.0 cm³/mol. The SMILES string of the molecule is CC(C)C(C(=O)NC1CCCCC1)N1Cc2ccccc2C1=O. The summed E-state index contributed by atoms with van der Waals surface area (Å²) in [5.74, 6) is 0.0861. The number of carbonyl (C=O) groups is 2. The number of hydrogen-bond donors (Lipinski definition) is 1. The van der Waals surface area contributed by atoms with Gasteiger partial charge in [-0.15, -0.1) is 0 Å². The Morgan fingerprint density at radius 1 is 1.17 bits per heavy atom. The molecule has 1 N–H and O–H groups in total. The van der Waals surface area contributed by atoms with Gasteiger partial charge < -0.3 is 10.2 Å². The zero-order valence-electron chi connectivity index (χ0n) is 14.0. The minimum Gasteiger partial charge on any atom is -0.352 e. The molecule has 4 heteroatoms. The third-order valence-electron chi connectivity index (χ3n) is 5.04. The van der Waals surface area contributed by atoms with E-state index in [9.17, 15) is 9.59 Å². The lowest BCUT2D eigenvalue weighted by atomic mass is 9.94. The van der Waals surface area contributed by atoms with E-state index in [0.717, 1.165) is 24.0 Å². The molecule has 2 amide bonds. The Balaban J connectivity index is 1.74. The number of rotatable bonds is 4. The van der Waals surface area contributed by atoms with Gasteiger partial charge in [-0.05, 0) is 30.4 Å². The van der Waals surface area contributed by atoms with Crippen LogP contribution in [0.3, 0.4) is 0 Å². The van der Waals surface area contributed by atoms with Crippen molar-refractivity contribution in [2.24, 2.45) is 5.92 Å². The van der Waals surface area contributed by atoms with E-state index >= 15 is 0 Å². The lowest BCUT2D eigenvalue weighted by Gasteiger charge is -2.32. The maximum atomic E-state index is 12.8. The van der Waals surface area contributed by atoms with Gasteiger partial charge in [0, 0.05) is 18.2 Å². The summed E-state index contributed by atoms with van der Waals surface area (Å²) in [6.45, 7) is 4.57. The molecule has 1 aromatic rings. The molecule has 0 saturated heterocycles. The van der Waals surface area contributed by atoms with Crippen molar-refractivity contribution in [3.05, 3.63) is 35.4 Å². The van der Waals surface area contributed by atoms with E-state index in [-0.39, 0.29) is 23.8 Å². The first-order chi connectivity index (χ1) is 11.1. The lowest BCUT2D eigenvalue weighted by Crippen LogP contribution is -2.52. The van der Waals surface area contributed by atoms with E-state index < -0.39 is 6.04 Å². The highest BCUT2D eigenvalue weighted by atomic mass is 16.2. The molecular formula is C19H26N2O2. The van der Waals surface area contributed by atoms with E-state index in [1.807, 2.05) is 38.1 Å². The first-order valence-electron chi connectivity index (χ1n) is 8.77. The fourth-order valence-electron chi connectivity index (χ4n) is 3.84. The van der Waals surface area contributed by atoms with Gasteiger partial charge in [0.2, 0.25) is 5.91 Å². The van der Waals surface area contributed by atoms with Crippen LogP contribution in [-0.2, 0) is 11.3 Å². The van der Waals surface area contributed by atoms with Crippen LogP contribution < -0.4 is 5.32 Å². The molecule has 1 aliphatic heterocycles. The molecule has 1 saturated carbocycles. The second kappa shape index (κ2) is 6.73. The fourth-order valence-corrected chi connectivity index (χ4v) is 3.84. The van der Waals surface area contributed by atoms with Gasteiger partial charge in [0.05, 0.1) is 0 Å². The van der Waals surface area contributed by atoms with Crippen molar-refractivity contribution < 1.29 is 9.59 Å². The molecule has 1 atom stereocenters. The summed E-state index contributed by atoms with van der Waals surface area (Å²) in [5.41, 5.74) is 1.76. The van der Waals surface area contributed by atoms with E-state index in [1.54, 1.807) is 4.90 Å². The summed E-state index contributed by atoms with van der Waals surface area (Å²) in [6, 6.07) is 7.54. The third kappa shape index (κ3) is 3.26. The van der Waals surface area contributed by atoms with E-state index in [4.69, 9.17) is 0 Å². The first-order valence-corrected chi connectivity index (χ1v) is 8.77. The minimum atomic E-state index is -0.392. The Labute approximate surface area is 138 Å². The van der Waals surface area contributed by atoms with Gasteiger partial charge in [0.1, 0.15) is 6.04 Å². The minimum absolute atomic E-state index is 0.00746. The van der Waals surface area contributed by atoms with Crippen LogP contribution in [0.1, 0.15) is 61.9 Å². The second-order valence-electron chi connectivity index (χ2n) is 7.12. The van der Waals surface area contributed by atoms with Crippen LogP contribution in [0, 0.1) is 5.92 Å². The molecule has 23 heavy (non-hydrogen) atoms. The van der Waals surface area contributed by atoms with Crippen LogP contribution in [0.4, 0.5) is 0 Å². The molecule has 0 radical (unpaired) electrons. The Hall–Kier alpha value is -1.84. The van der Waals surface area contributed by atoms with Crippen LogP contribution >= 0.6 is 0 Å².